The van der Waals surface area contributed by atoms with E-state index in [-0.39, 0.29) is 23.7 Å². The lowest BCUT2D eigenvalue weighted by Gasteiger charge is -2.32. The number of nitro benzene ring substituents is 1. The van der Waals surface area contributed by atoms with Crippen LogP contribution >= 0.6 is 0 Å². The highest BCUT2D eigenvalue weighted by Crippen LogP contribution is 2.30. The van der Waals surface area contributed by atoms with Crippen molar-refractivity contribution in [3.63, 3.8) is 0 Å². The molecule has 132 valence electrons. The molecule has 1 aromatic rings. The number of methoxy groups -OCH3 is 1. The van der Waals surface area contributed by atoms with Gasteiger partial charge in [-0.2, -0.15) is 4.31 Å². The van der Waals surface area contributed by atoms with E-state index in [1.54, 1.807) is 0 Å². The van der Waals surface area contributed by atoms with Crippen molar-refractivity contribution in [2.45, 2.75) is 25.3 Å². The summed E-state index contributed by atoms with van der Waals surface area (Å²) in [6.07, 6.45) is 2.83. The van der Waals surface area contributed by atoms with Crippen molar-refractivity contribution in [3.8, 4) is 5.75 Å². The molecule has 0 saturated carbocycles. The molecule has 0 aliphatic carbocycles. The summed E-state index contributed by atoms with van der Waals surface area (Å²) in [6, 6.07) is 3.18. The Morgan fingerprint density at radius 1 is 1.42 bits per heavy atom. The summed E-state index contributed by atoms with van der Waals surface area (Å²) in [4.78, 5) is 23.0. The number of sulfonamides is 1. The van der Waals surface area contributed by atoms with Crippen LogP contribution in [0.25, 0.3) is 0 Å². The topological polar surface area (TPSA) is 119 Å². The van der Waals surface area contributed by atoms with E-state index in [1.165, 1.54) is 25.3 Å². The second-order valence-electron chi connectivity index (χ2n) is 5.51. The van der Waals surface area contributed by atoms with Crippen molar-refractivity contribution in [1.82, 2.24) is 4.31 Å². The number of carbonyl (C=O) groups excluding carboxylic acids is 1. The monoisotopic (exact) mass is 357 g/mol. The molecule has 1 aliphatic heterocycles. The molecule has 1 atom stereocenters. The highest BCUT2D eigenvalue weighted by molar-refractivity contribution is 7.88. The fourth-order valence-corrected chi connectivity index (χ4v) is 3.80. The van der Waals surface area contributed by atoms with Crippen LogP contribution < -0.4 is 10.1 Å². The van der Waals surface area contributed by atoms with Crippen LogP contribution in [0.3, 0.4) is 0 Å². The zero-order chi connectivity index (χ0) is 17.9. The number of hydrogen-bond acceptors (Lipinski definition) is 6. The first-order valence-electron chi connectivity index (χ1n) is 7.34. The highest BCUT2D eigenvalue weighted by atomic mass is 32.2. The van der Waals surface area contributed by atoms with E-state index in [0.29, 0.717) is 12.8 Å². The van der Waals surface area contributed by atoms with Gasteiger partial charge in [0.25, 0.3) is 5.69 Å². The SMILES string of the molecule is COc1ccc(NC(=O)C2CCCCN2S(C)(=O)=O)c([N+](=O)[O-])c1. The molecule has 1 saturated heterocycles. The molecular formula is C14H19N3O6S. The van der Waals surface area contributed by atoms with Gasteiger partial charge in [-0.05, 0) is 25.0 Å². The van der Waals surface area contributed by atoms with Crippen molar-refractivity contribution >= 4 is 27.3 Å². The second-order valence-corrected chi connectivity index (χ2v) is 7.45. The summed E-state index contributed by atoms with van der Waals surface area (Å²) in [5.41, 5.74) is -0.311. The number of piperidine rings is 1. The maximum atomic E-state index is 12.5. The molecule has 1 unspecified atom stereocenters. The van der Waals surface area contributed by atoms with E-state index in [1.807, 2.05) is 0 Å². The summed E-state index contributed by atoms with van der Waals surface area (Å²) in [5, 5.41) is 13.6. The van der Waals surface area contributed by atoms with Gasteiger partial charge in [-0.3, -0.25) is 14.9 Å². The third-order valence-corrected chi connectivity index (χ3v) is 5.13. The minimum atomic E-state index is -3.53. The Bertz CT molecular complexity index is 749. The standard InChI is InChI=1S/C14H19N3O6S/c1-23-10-6-7-11(13(9-10)17(19)20)15-14(18)12-5-3-4-8-16(12)24(2,21)22/h6-7,9,12H,3-5,8H2,1-2H3,(H,15,18). The number of nitrogens with zero attached hydrogens (tertiary/aromatic N) is 2. The van der Waals surface area contributed by atoms with Crippen LogP contribution in [0.1, 0.15) is 19.3 Å². The molecule has 0 radical (unpaired) electrons. The molecule has 9 nitrogen and oxygen atoms in total. The normalized spacial score (nSPS) is 18.8. The minimum Gasteiger partial charge on any atom is -0.496 e. The number of nitro groups is 1. The van der Waals surface area contributed by atoms with Gasteiger partial charge in [0.1, 0.15) is 17.5 Å². The van der Waals surface area contributed by atoms with Gasteiger partial charge in [0.05, 0.1) is 24.4 Å². The van der Waals surface area contributed by atoms with Gasteiger partial charge in [0.2, 0.25) is 15.9 Å². The Morgan fingerprint density at radius 2 is 2.12 bits per heavy atom. The van der Waals surface area contributed by atoms with Crippen molar-refractivity contribution in [1.29, 1.82) is 0 Å². The Hall–Kier alpha value is -2.20. The molecule has 0 spiro atoms. The van der Waals surface area contributed by atoms with E-state index in [2.05, 4.69) is 5.32 Å². The molecule has 2 rings (SSSR count). The predicted molar refractivity (Wildman–Crippen MR) is 87.5 cm³/mol. The van der Waals surface area contributed by atoms with Gasteiger partial charge in [-0.25, -0.2) is 8.42 Å². The number of rotatable bonds is 5. The molecule has 1 aliphatic rings. The summed E-state index contributed by atoms with van der Waals surface area (Å²) in [5.74, 6) is -0.288. The van der Waals surface area contributed by atoms with Crippen LogP contribution in [0.4, 0.5) is 11.4 Å². The zero-order valence-corrected chi connectivity index (χ0v) is 14.2. The Morgan fingerprint density at radius 3 is 2.71 bits per heavy atom. The lowest BCUT2D eigenvalue weighted by atomic mass is 10.0. The molecule has 1 N–H and O–H groups in total. The van der Waals surface area contributed by atoms with Crippen molar-refractivity contribution in [2.75, 3.05) is 25.2 Å². The minimum absolute atomic E-state index is 0.00447. The lowest BCUT2D eigenvalue weighted by molar-refractivity contribution is -0.384. The highest BCUT2D eigenvalue weighted by Gasteiger charge is 2.35. The van der Waals surface area contributed by atoms with Crippen LogP contribution in [0.15, 0.2) is 18.2 Å². The van der Waals surface area contributed by atoms with Gasteiger partial charge in [-0.15, -0.1) is 0 Å². The Kier molecular flexibility index (Phi) is 5.40. The first kappa shape index (κ1) is 18.1. The number of amides is 1. The average molecular weight is 357 g/mol. The Labute approximate surface area is 139 Å². The van der Waals surface area contributed by atoms with Crippen molar-refractivity contribution in [2.24, 2.45) is 0 Å². The number of carbonyl (C=O) groups is 1. The van der Waals surface area contributed by atoms with Crippen molar-refractivity contribution in [3.05, 3.63) is 28.3 Å². The lowest BCUT2D eigenvalue weighted by Crippen LogP contribution is -2.49. The average Bonchev–Trinajstić information content (AvgIpc) is 2.54. The van der Waals surface area contributed by atoms with Gasteiger partial charge in [0.15, 0.2) is 0 Å². The van der Waals surface area contributed by atoms with Crippen LogP contribution in [0.5, 0.6) is 5.75 Å². The summed E-state index contributed by atoms with van der Waals surface area (Å²) in [6.45, 7) is 0.266. The smallest absolute Gasteiger partial charge is 0.296 e. The van der Waals surface area contributed by atoms with E-state index >= 15 is 0 Å². The second kappa shape index (κ2) is 7.14. The first-order valence-corrected chi connectivity index (χ1v) is 9.19. The molecule has 24 heavy (non-hydrogen) atoms. The zero-order valence-electron chi connectivity index (χ0n) is 13.4. The van der Waals surface area contributed by atoms with Crippen molar-refractivity contribution < 1.29 is 22.9 Å². The first-order chi connectivity index (χ1) is 11.2. The number of ether oxygens (including phenoxy) is 1. The molecule has 1 aromatic carbocycles. The molecule has 0 bridgehead atoms. The fraction of sp³-hybridized carbons (Fsp3) is 0.500. The molecule has 0 aromatic heterocycles. The van der Waals surface area contributed by atoms with Gasteiger partial charge in [0, 0.05) is 6.54 Å². The van der Waals surface area contributed by atoms with Gasteiger partial charge < -0.3 is 10.1 Å². The van der Waals surface area contributed by atoms with E-state index in [9.17, 15) is 23.3 Å². The molecule has 1 amide bonds. The predicted octanol–water partition coefficient (Wildman–Crippen LogP) is 1.36. The number of benzene rings is 1. The molecule has 10 heteroatoms. The third kappa shape index (κ3) is 4.01. The summed E-state index contributed by atoms with van der Waals surface area (Å²) < 4.78 is 29.7. The maximum Gasteiger partial charge on any atom is 0.296 e. The largest absolute Gasteiger partial charge is 0.496 e. The number of anilines is 1. The van der Waals surface area contributed by atoms with Gasteiger partial charge in [-0.1, -0.05) is 6.42 Å². The maximum absolute atomic E-state index is 12.5. The summed E-state index contributed by atoms with van der Waals surface area (Å²) >= 11 is 0. The number of hydrogen-bond donors (Lipinski definition) is 1. The number of nitrogens with one attached hydrogen (secondary N) is 1. The van der Waals surface area contributed by atoms with Crippen LogP contribution in [-0.2, 0) is 14.8 Å². The van der Waals surface area contributed by atoms with Crippen LogP contribution in [-0.4, -0.2) is 49.5 Å². The third-order valence-electron chi connectivity index (χ3n) is 3.84. The molecule has 1 heterocycles. The van der Waals surface area contributed by atoms with Crippen LogP contribution in [0.2, 0.25) is 0 Å². The quantitative estimate of drug-likeness (QED) is 0.628. The van der Waals surface area contributed by atoms with E-state index in [0.717, 1.165) is 17.0 Å². The van der Waals surface area contributed by atoms with E-state index < -0.39 is 26.9 Å². The van der Waals surface area contributed by atoms with E-state index in [4.69, 9.17) is 4.74 Å². The van der Waals surface area contributed by atoms with Crippen LogP contribution in [0, 0.1) is 10.1 Å². The van der Waals surface area contributed by atoms with Gasteiger partial charge >= 0.3 is 0 Å². The molecular weight excluding hydrogens is 338 g/mol. The molecule has 1 fully saturated rings. The Balaban J connectivity index is 2.27. The fourth-order valence-electron chi connectivity index (χ4n) is 2.68. The summed E-state index contributed by atoms with van der Waals surface area (Å²) in [7, 11) is -2.15.